The number of halogens is 2. The lowest BCUT2D eigenvalue weighted by molar-refractivity contribution is 0.169. The lowest BCUT2D eigenvalue weighted by Gasteiger charge is -2.16. The number of nitrogens with one attached hydrogen (secondary N) is 1. The second kappa shape index (κ2) is 8.81. The Morgan fingerprint density at radius 1 is 0.862 bits per heavy atom. The molecule has 0 bridgehead atoms. The van der Waals surface area contributed by atoms with E-state index in [4.69, 9.17) is 0 Å². The summed E-state index contributed by atoms with van der Waals surface area (Å²) in [6, 6.07) is 21.5. The average Bonchev–Trinajstić information content (AvgIpc) is 2.99. The molecule has 3 nitrogen and oxygen atoms in total. The Morgan fingerprint density at radius 3 is 1.93 bits per heavy atom. The number of aromatic nitrogens is 1. The highest BCUT2D eigenvalue weighted by atomic mass is 127. The first kappa shape index (κ1) is 20.9. The molecule has 1 atom stereocenters. The number of hydrogen-bond acceptors (Lipinski definition) is 2. The van der Waals surface area contributed by atoms with Gasteiger partial charge in [0.25, 0.3) is 0 Å². The van der Waals surface area contributed by atoms with E-state index in [1.165, 1.54) is 34.5 Å². The minimum atomic E-state index is -0.489. The summed E-state index contributed by atoms with van der Waals surface area (Å²) in [4.78, 5) is 0. The minimum Gasteiger partial charge on any atom is -0.389 e. The fourth-order valence-corrected chi connectivity index (χ4v) is 4.72. The maximum atomic E-state index is 10.8. The predicted molar refractivity (Wildman–Crippen MR) is 140 cm³/mol. The van der Waals surface area contributed by atoms with Crippen LogP contribution in [0.2, 0.25) is 0 Å². The zero-order valence-electron chi connectivity index (χ0n) is 16.5. The molecule has 29 heavy (non-hydrogen) atoms. The van der Waals surface area contributed by atoms with Gasteiger partial charge < -0.3 is 15.0 Å². The van der Waals surface area contributed by atoms with Gasteiger partial charge in [0, 0.05) is 41.2 Å². The summed E-state index contributed by atoms with van der Waals surface area (Å²) in [5, 5.41) is 16.6. The largest absolute Gasteiger partial charge is 0.389 e. The van der Waals surface area contributed by atoms with Crippen LogP contribution in [0.25, 0.3) is 21.8 Å². The lowest BCUT2D eigenvalue weighted by atomic mass is 10.0. The van der Waals surface area contributed by atoms with E-state index in [1.54, 1.807) is 0 Å². The number of rotatable bonds is 6. The third-order valence-corrected chi connectivity index (χ3v) is 6.64. The van der Waals surface area contributed by atoms with E-state index < -0.39 is 6.10 Å². The van der Waals surface area contributed by atoms with Crippen LogP contribution in [-0.2, 0) is 6.54 Å². The molecule has 4 aromatic rings. The molecule has 1 heterocycles. The smallest absolute Gasteiger partial charge is 0.0891 e. The molecule has 0 amide bonds. The van der Waals surface area contributed by atoms with E-state index in [9.17, 15) is 5.11 Å². The Kier molecular flexibility index (Phi) is 6.36. The van der Waals surface area contributed by atoms with E-state index in [0.717, 1.165) is 5.69 Å². The summed E-state index contributed by atoms with van der Waals surface area (Å²) >= 11 is 4.72. The standard InChI is InChI=1S/C24H24I2N2O/c1-15(2)16-3-7-19(8-4-16)27-13-20(29)14-28-23-9-5-17(25)11-21(23)22-12-18(26)6-10-24(22)28/h3-12,15,20,27,29H,13-14H2,1-2H3/t20-/m0/s1. The Balaban J connectivity index is 1.56. The highest BCUT2D eigenvalue weighted by Crippen LogP contribution is 2.31. The summed E-state index contributed by atoms with van der Waals surface area (Å²) in [7, 11) is 0. The van der Waals surface area contributed by atoms with Gasteiger partial charge in [-0.15, -0.1) is 0 Å². The second-order valence-corrected chi connectivity index (χ2v) is 10.2. The van der Waals surface area contributed by atoms with Crippen molar-refractivity contribution < 1.29 is 5.11 Å². The van der Waals surface area contributed by atoms with Crippen LogP contribution in [-0.4, -0.2) is 22.3 Å². The van der Waals surface area contributed by atoms with E-state index in [1.807, 2.05) is 0 Å². The molecule has 3 aromatic carbocycles. The lowest BCUT2D eigenvalue weighted by Crippen LogP contribution is -2.24. The van der Waals surface area contributed by atoms with Crippen LogP contribution in [0.5, 0.6) is 0 Å². The Hall–Kier alpha value is -1.32. The first-order valence-electron chi connectivity index (χ1n) is 9.81. The number of fused-ring (bicyclic) bond motifs is 3. The highest BCUT2D eigenvalue weighted by molar-refractivity contribution is 14.1. The monoisotopic (exact) mass is 610 g/mol. The molecule has 150 valence electrons. The number of aliphatic hydroxyl groups is 1. The Bertz CT molecular complexity index is 1090. The summed E-state index contributed by atoms with van der Waals surface area (Å²) < 4.78 is 4.69. The highest BCUT2D eigenvalue weighted by Gasteiger charge is 2.14. The fraction of sp³-hybridized carbons (Fsp3) is 0.250. The molecule has 5 heteroatoms. The van der Waals surface area contributed by atoms with Gasteiger partial charge in [-0.1, -0.05) is 26.0 Å². The molecule has 1 aromatic heterocycles. The van der Waals surface area contributed by atoms with Crippen molar-refractivity contribution in [1.82, 2.24) is 4.57 Å². The van der Waals surface area contributed by atoms with E-state index in [0.29, 0.717) is 19.0 Å². The van der Waals surface area contributed by atoms with Crippen molar-refractivity contribution in [2.45, 2.75) is 32.4 Å². The van der Waals surface area contributed by atoms with E-state index in [-0.39, 0.29) is 0 Å². The van der Waals surface area contributed by atoms with Crippen molar-refractivity contribution in [1.29, 1.82) is 0 Å². The van der Waals surface area contributed by atoms with Gasteiger partial charge in [-0.2, -0.15) is 0 Å². The third-order valence-electron chi connectivity index (χ3n) is 5.30. The van der Waals surface area contributed by atoms with Crippen LogP contribution in [0.4, 0.5) is 5.69 Å². The van der Waals surface area contributed by atoms with Crippen LogP contribution < -0.4 is 5.32 Å². The zero-order valence-corrected chi connectivity index (χ0v) is 20.8. The fourth-order valence-electron chi connectivity index (χ4n) is 3.74. The number of anilines is 1. The Labute approximate surface area is 198 Å². The van der Waals surface area contributed by atoms with Crippen molar-refractivity contribution in [2.24, 2.45) is 0 Å². The second-order valence-electron chi connectivity index (χ2n) is 7.74. The maximum absolute atomic E-state index is 10.8. The molecule has 0 aliphatic carbocycles. The summed E-state index contributed by atoms with van der Waals surface area (Å²) in [5.41, 5.74) is 4.70. The van der Waals surface area contributed by atoms with Crippen LogP contribution in [0.3, 0.4) is 0 Å². The molecule has 0 radical (unpaired) electrons. The maximum Gasteiger partial charge on any atom is 0.0891 e. The number of nitrogens with zero attached hydrogens (tertiary/aromatic N) is 1. The first-order valence-corrected chi connectivity index (χ1v) is 12.0. The van der Waals surface area contributed by atoms with Crippen molar-refractivity contribution in [3.63, 3.8) is 0 Å². The van der Waals surface area contributed by atoms with Gasteiger partial charge in [0.05, 0.1) is 12.6 Å². The van der Waals surface area contributed by atoms with Crippen LogP contribution >= 0.6 is 45.2 Å². The van der Waals surface area contributed by atoms with Gasteiger partial charge >= 0.3 is 0 Å². The number of hydrogen-bond donors (Lipinski definition) is 2. The molecule has 0 aliphatic heterocycles. The van der Waals surface area contributed by atoms with Crippen molar-refractivity contribution >= 4 is 72.7 Å². The zero-order chi connectivity index (χ0) is 20.5. The topological polar surface area (TPSA) is 37.2 Å². The average molecular weight is 610 g/mol. The number of aliphatic hydroxyl groups excluding tert-OH is 1. The first-order chi connectivity index (χ1) is 13.9. The van der Waals surface area contributed by atoms with Crippen molar-refractivity contribution in [2.75, 3.05) is 11.9 Å². The Morgan fingerprint density at radius 2 is 1.41 bits per heavy atom. The van der Waals surface area contributed by atoms with E-state index in [2.05, 4.69) is 130 Å². The van der Waals surface area contributed by atoms with Crippen molar-refractivity contribution in [3.05, 3.63) is 73.4 Å². The molecule has 0 saturated carbocycles. The van der Waals surface area contributed by atoms with Gasteiger partial charge in [-0.05, 0) is 105 Å². The molecule has 4 rings (SSSR count). The van der Waals surface area contributed by atoms with Crippen LogP contribution in [0.1, 0.15) is 25.3 Å². The minimum absolute atomic E-state index is 0.489. The summed E-state index contributed by atoms with van der Waals surface area (Å²) in [6.07, 6.45) is -0.489. The quantitative estimate of drug-likeness (QED) is 0.242. The van der Waals surface area contributed by atoms with Gasteiger partial charge in [0.2, 0.25) is 0 Å². The van der Waals surface area contributed by atoms with E-state index >= 15 is 0 Å². The summed E-state index contributed by atoms with van der Waals surface area (Å²) in [6.45, 7) is 5.45. The molecule has 0 aliphatic rings. The summed E-state index contributed by atoms with van der Waals surface area (Å²) in [5.74, 6) is 0.524. The van der Waals surface area contributed by atoms with Gasteiger partial charge in [-0.3, -0.25) is 0 Å². The third kappa shape index (κ3) is 4.56. The molecule has 0 fully saturated rings. The van der Waals surface area contributed by atoms with Crippen molar-refractivity contribution in [3.8, 4) is 0 Å². The normalized spacial score (nSPS) is 12.8. The molecular weight excluding hydrogens is 586 g/mol. The SMILES string of the molecule is CC(C)c1ccc(NC[C@H](O)Cn2c3ccc(I)cc3c3cc(I)ccc32)cc1. The molecule has 2 N–H and O–H groups in total. The predicted octanol–water partition coefficient (Wildman–Crippen LogP) is 6.60. The molecule has 0 unspecified atom stereocenters. The molecular formula is C24H24I2N2O. The molecule has 0 spiro atoms. The van der Waals surface area contributed by atoms with Crippen LogP contribution in [0, 0.1) is 7.14 Å². The van der Waals surface area contributed by atoms with Gasteiger partial charge in [0.15, 0.2) is 0 Å². The van der Waals surface area contributed by atoms with Gasteiger partial charge in [0.1, 0.15) is 0 Å². The van der Waals surface area contributed by atoms with Crippen LogP contribution in [0.15, 0.2) is 60.7 Å². The molecule has 0 saturated heterocycles. The van der Waals surface area contributed by atoms with Gasteiger partial charge in [-0.25, -0.2) is 0 Å². The number of benzene rings is 3.